The average molecular weight is 320 g/mol. The van der Waals surface area contributed by atoms with Crippen LogP contribution in [-0.2, 0) is 0 Å². The van der Waals surface area contributed by atoms with Gasteiger partial charge in [-0.05, 0) is 48.4 Å². The first-order valence-electron chi connectivity index (χ1n) is 7.27. The van der Waals surface area contributed by atoms with Gasteiger partial charge in [-0.2, -0.15) is 0 Å². The van der Waals surface area contributed by atoms with Gasteiger partial charge in [-0.25, -0.2) is 9.37 Å². The van der Waals surface area contributed by atoms with Crippen molar-refractivity contribution in [3.05, 3.63) is 60.2 Å². The maximum Gasteiger partial charge on any atom is 0.227 e. The molecule has 2 radical (unpaired) electrons. The van der Waals surface area contributed by atoms with Gasteiger partial charge in [0.25, 0.3) is 0 Å². The third kappa shape index (κ3) is 3.22. The van der Waals surface area contributed by atoms with Crippen molar-refractivity contribution in [1.29, 1.82) is 0 Å². The lowest BCUT2D eigenvalue weighted by atomic mass is 9.99. The molecular formula is C18H14BFN2O2. The van der Waals surface area contributed by atoms with Crippen molar-refractivity contribution in [2.24, 2.45) is 0 Å². The number of aromatic nitrogens is 2. The van der Waals surface area contributed by atoms with Crippen molar-refractivity contribution in [2.45, 2.75) is 6.92 Å². The van der Waals surface area contributed by atoms with E-state index in [2.05, 4.69) is 9.97 Å². The van der Waals surface area contributed by atoms with E-state index in [1.54, 1.807) is 24.4 Å². The Morgan fingerprint density at radius 1 is 1.08 bits per heavy atom. The summed E-state index contributed by atoms with van der Waals surface area (Å²) in [6, 6.07) is 9.70. The van der Waals surface area contributed by atoms with Crippen LogP contribution in [0.5, 0.6) is 17.4 Å². The molecule has 118 valence electrons. The van der Waals surface area contributed by atoms with E-state index in [-0.39, 0.29) is 5.82 Å². The van der Waals surface area contributed by atoms with Crippen molar-refractivity contribution in [1.82, 2.24) is 9.97 Å². The number of nitrogens with zero attached hydrogens (tertiary/aromatic N) is 2. The number of methoxy groups -OCH3 is 1. The molecule has 0 amide bonds. The minimum atomic E-state index is -0.375. The van der Waals surface area contributed by atoms with E-state index in [1.807, 2.05) is 13.0 Å². The number of hydrogen-bond donors (Lipinski definition) is 0. The quantitative estimate of drug-likeness (QED) is 0.693. The van der Waals surface area contributed by atoms with Crippen LogP contribution in [0.1, 0.15) is 5.56 Å². The number of hydrogen-bond acceptors (Lipinski definition) is 4. The maximum atomic E-state index is 13.4. The number of benzene rings is 1. The predicted molar refractivity (Wildman–Crippen MR) is 90.6 cm³/mol. The lowest BCUT2D eigenvalue weighted by Gasteiger charge is -2.13. The molecule has 0 bridgehead atoms. The smallest absolute Gasteiger partial charge is 0.227 e. The first-order valence-corrected chi connectivity index (χ1v) is 7.27. The highest BCUT2D eigenvalue weighted by Crippen LogP contribution is 2.37. The van der Waals surface area contributed by atoms with Crippen molar-refractivity contribution in [3.63, 3.8) is 0 Å². The van der Waals surface area contributed by atoms with Gasteiger partial charge in [0.2, 0.25) is 5.88 Å². The summed E-state index contributed by atoms with van der Waals surface area (Å²) in [4.78, 5) is 8.34. The first-order chi connectivity index (χ1) is 11.6. The van der Waals surface area contributed by atoms with Crippen LogP contribution in [0, 0.1) is 12.7 Å². The Balaban J connectivity index is 2.04. The molecule has 2 heterocycles. The molecule has 1 aromatic carbocycles. The molecular weight excluding hydrogens is 306 g/mol. The third-order valence-corrected chi connectivity index (χ3v) is 3.53. The fourth-order valence-electron chi connectivity index (χ4n) is 2.29. The zero-order chi connectivity index (χ0) is 17.1. The molecule has 0 aliphatic carbocycles. The highest BCUT2D eigenvalue weighted by Gasteiger charge is 2.14. The summed E-state index contributed by atoms with van der Waals surface area (Å²) in [5, 5.41) is 0. The zero-order valence-corrected chi connectivity index (χ0v) is 13.3. The molecule has 0 atom stereocenters. The van der Waals surface area contributed by atoms with Gasteiger partial charge in [-0.1, -0.05) is 0 Å². The Morgan fingerprint density at radius 3 is 2.67 bits per heavy atom. The molecule has 0 saturated heterocycles. The largest absolute Gasteiger partial charge is 0.496 e. The van der Waals surface area contributed by atoms with Crippen LogP contribution in [-0.4, -0.2) is 24.9 Å². The summed E-state index contributed by atoms with van der Waals surface area (Å²) in [5.74, 6) is 0.913. The highest BCUT2D eigenvalue weighted by molar-refractivity contribution is 6.31. The van der Waals surface area contributed by atoms with Crippen LogP contribution in [0.2, 0.25) is 0 Å². The van der Waals surface area contributed by atoms with E-state index < -0.39 is 0 Å². The molecule has 0 unspecified atom stereocenters. The number of halogens is 1. The molecule has 0 spiro atoms. The second kappa shape index (κ2) is 6.70. The SMILES string of the molecule is [B]c1ncc(Oc2ncccc2-c2ccc(F)cc2OC)cc1C. The summed E-state index contributed by atoms with van der Waals surface area (Å²) in [6.45, 7) is 1.84. The van der Waals surface area contributed by atoms with Gasteiger partial charge in [-0.15, -0.1) is 0 Å². The van der Waals surface area contributed by atoms with Crippen LogP contribution < -0.4 is 15.1 Å². The minimum absolute atomic E-state index is 0.369. The van der Waals surface area contributed by atoms with Crippen molar-refractivity contribution >= 4 is 13.4 Å². The summed E-state index contributed by atoms with van der Waals surface area (Å²) in [7, 11) is 7.21. The summed E-state index contributed by atoms with van der Waals surface area (Å²) in [5.41, 5.74) is 2.62. The van der Waals surface area contributed by atoms with Crippen LogP contribution >= 0.6 is 0 Å². The second-order valence-corrected chi connectivity index (χ2v) is 5.18. The normalized spacial score (nSPS) is 10.5. The molecule has 3 rings (SSSR count). The Labute approximate surface area is 140 Å². The fourth-order valence-corrected chi connectivity index (χ4v) is 2.29. The summed E-state index contributed by atoms with van der Waals surface area (Å²) >= 11 is 0. The molecule has 24 heavy (non-hydrogen) atoms. The molecule has 4 nitrogen and oxygen atoms in total. The first kappa shape index (κ1) is 16.0. The van der Waals surface area contributed by atoms with Gasteiger partial charge < -0.3 is 9.47 Å². The van der Waals surface area contributed by atoms with Gasteiger partial charge in [0, 0.05) is 23.4 Å². The Morgan fingerprint density at radius 2 is 1.92 bits per heavy atom. The Bertz CT molecular complexity index is 887. The van der Waals surface area contributed by atoms with Crippen LogP contribution in [0.3, 0.4) is 0 Å². The molecule has 0 aliphatic heterocycles. The van der Waals surface area contributed by atoms with E-state index in [0.717, 1.165) is 5.56 Å². The van der Waals surface area contributed by atoms with Crippen molar-refractivity contribution in [2.75, 3.05) is 7.11 Å². The van der Waals surface area contributed by atoms with Crippen LogP contribution in [0.15, 0.2) is 48.8 Å². The number of ether oxygens (including phenoxy) is 2. The average Bonchev–Trinajstić information content (AvgIpc) is 2.59. The predicted octanol–water partition coefficient (Wildman–Crippen LogP) is 3.19. The van der Waals surface area contributed by atoms with Crippen molar-refractivity contribution < 1.29 is 13.9 Å². The Kier molecular flexibility index (Phi) is 4.47. The molecule has 3 aromatic rings. The number of aryl methyl sites for hydroxylation is 1. The van der Waals surface area contributed by atoms with E-state index in [9.17, 15) is 4.39 Å². The van der Waals surface area contributed by atoms with Crippen LogP contribution in [0.4, 0.5) is 4.39 Å². The summed E-state index contributed by atoms with van der Waals surface area (Å²) < 4.78 is 24.6. The van der Waals surface area contributed by atoms with Gasteiger partial charge in [0.05, 0.1) is 13.3 Å². The molecule has 6 heteroatoms. The number of rotatable bonds is 4. The minimum Gasteiger partial charge on any atom is -0.496 e. The zero-order valence-electron chi connectivity index (χ0n) is 13.3. The van der Waals surface area contributed by atoms with Crippen molar-refractivity contribution in [3.8, 4) is 28.5 Å². The summed E-state index contributed by atoms with van der Waals surface area (Å²) in [6.07, 6.45) is 3.15. The highest BCUT2D eigenvalue weighted by atomic mass is 19.1. The van der Waals surface area contributed by atoms with Crippen LogP contribution in [0.25, 0.3) is 11.1 Å². The van der Waals surface area contributed by atoms with Gasteiger partial charge in [0.1, 0.15) is 25.2 Å². The third-order valence-electron chi connectivity index (χ3n) is 3.53. The number of pyridine rings is 2. The van der Waals surface area contributed by atoms with Gasteiger partial charge in [-0.3, -0.25) is 4.98 Å². The topological polar surface area (TPSA) is 44.2 Å². The standard InChI is InChI=1S/C18H14BFN2O2/c1-11-8-13(10-22-17(11)19)24-18-15(4-3-7-21-18)14-6-5-12(20)9-16(14)23-2/h3-10H,1-2H3. The van der Waals surface area contributed by atoms with E-state index >= 15 is 0 Å². The molecule has 0 saturated carbocycles. The van der Waals surface area contributed by atoms with Gasteiger partial charge in [0.15, 0.2) is 0 Å². The second-order valence-electron chi connectivity index (χ2n) is 5.18. The fraction of sp³-hybridized carbons (Fsp3) is 0.111. The maximum absolute atomic E-state index is 13.4. The monoisotopic (exact) mass is 320 g/mol. The van der Waals surface area contributed by atoms with E-state index in [4.69, 9.17) is 17.3 Å². The van der Waals surface area contributed by atoms with E-state index in [0.29, 0.717) is 34.1 Å². The van der Waals surface area contributed by atoms with E-state index in [1.165, 1.54) is 25.4 Å². The Hall–Kier alpha value is -2.89. The molecule has 2 aromatic heterocycles. The molecule has 0 N–H and O–H groups in total. The molecule has 0 fully saturated rings. The lowest BCUT2D eigenvalue weighted by molar-refractivity contribution is 0.412. The molecule has 0 aliphatic rings. The lowest BCUT2D eigenvalue weighted by Crippen LogP contribution is -2.11. The van der Waals surface area contributed by atoms with Gasteiger partial charge >= 0.3 is 0 Å².